The smallest absolute Gasteiger partial charge is 0.422 e. The Kier molecular flexibility index (Phi) is 8.50. The van der Waals surface area contributed by atoms with Gasteiger partial charge < -0.3 is 4.74 Å². The molecule has 0 spiro atoms. The largest absolute Gasteiger partial charge is 0.432 e. The Morgan fingerprint density at radius 3 is 1.69 bits per heavy atom. The molecule has 204 valence electrons. The average molecular weight is 523 g/mol. The highest BCUT2D eigenvalue weighted by molar-refractivity contribution is 5.32. The van der Waals surface area contributed by atoms with E-state index < -0.39 is 41.2 Å². The third kappa shape index (κ3) is 6.32. The number of hydrogen-bond acceptors (Lipinski definition) is 1. The highest BCUT2D eigenvalue weighted by Crippen LogP contribution is 2.49. The molecule has 0 N–H and O–H groups in total. The maximum atomic E-state index is 14.8. The summed E-state index contributed by atoms with van der Waals surface area (Å²) in [6.45, 7) is 2.25. The Morgan fingerprint density at radius 1 is 0.722 bits per heavy atom. The van der Waals surface area contributed by atoms with Crippen LogP contribution in [-0.4, -0.2) is 6.11 Å². The maximum absolute atomic E-state index is 14.8. The average Bonchev–Trinajstić information content (AvgIpc) is 3.26. The van der Waals surface area contributed by atoms with E-state index in [1.807, 2.05) is 0 Å². The first-order valence-electron chi connectivity index (χ1n) is 13.6. The maximum Gasteiger partial charge on any atom is 0.422 e. The van der Waals surface area contributed by atoms with Crippen molar-refractivity contribution in [2.45, 2.75) is 103 Å². The molecular formula is C28H37F7O. The number of alkyl halides is 5. The van der Waals surface area contributed by atoms with Gasteiger partial charge >= 0.3 is 12.3 Å². The lowest BCUT2D eigenvalue weighted by atomic mass is 9.67. The Labute approximate surface area is 209 Å². The predicted molar refractivity (Wildman–Crippen MR) is 124 cm³/mol. The van der Waals surface area contributed by atoms with Crippen LogP contribution in [0.3, 0.4) is 0 Å². The zero-order valence-electron chi connectivity index (χ0n) is 20.9. The summed E-state index contributed by atoms with van der Waals surface area (Å²) in [6.07, 6.45) is 4.26. The molecule has 8 heteroatoms. The van der Waals surface area contributed by atoms with Gasteiger partial charge in [0.25, 0.3) is 0 Å². The lowest BCUT2D eigenvalue weighted by Gasteiger charge is -2.40. The van der Waals surface area contributed by atoms with Crippen LogP contribution in [0.2, 0.25) is 0 Å². The standard InChI is InChI=1S/C28H37F7O/c1-2-3-17-4-5-21(14-17)20-8-6-18(7-9-20)19-10-12-22(13-11-19)28(34,35)36-23-15-24(29)26(25(30)16-23)27(31,32)33/h15-22H,2-14H2,1H3. The molecule has 36 heavy (non-hydrogen) atoms. The van der Waals surface area contributed by atoms with Crippen molar-refractivity contribution >= 4 is 0 Å². The molecule has 3 aliphatic carbocycles. The fourth-order valence-corrected chi connectivity index (χ4v) is 7.35. The molecule has 0 aromatic heterocycles. The summed E-state index contributed by atoms with van der Waals surface area (Å²) in [5.41, 5.74) is -2.11. The fraction of sp³-hybridized carbons (Fsp3) is 0.786. The van der Waals surface area contributed by atoms with E-state index in [0.29, 0.717) is 24.7 Å². The van der Waals surface area contributed by atoms with Crippen LogP contribution in [-0.2, 0) is 6.18 Å². The van der Waals surface area contributed by atoms with Gasteiger partial charge in [0.1, 0.15) is 22.9 Å². The van der Waals surface area contributed by atoms with Gasteiger partial charge in [0.2, 0.25) is 0 Å². The van der Waals surface area contributed by atoms with Crippen molar-refractivity contribution in [3.05, 3.63) is 29.3 Å². The van der Waals surface area contributed by atoms with Gasteiger partial charge in [-0.2, -0.15) is 22.0 Å². The van der Waals surface area contributed by atoms with Crippen LogP contribution in [0, 0.1) is 47.1 Å². The molecule has 1 nitrogen and oxygen atoms in total. The van der Waals surface area contributed by atoms with Gasteiger partial charge in [-0.05, 0) is 93.8 Å². The molecule has 3 aliphatic rings. The third-order valence-corrected chi connectivity index (χ3v) is 9.23. The normalized spacial score (nSPS) is 32.0. The molecule has 2 atom stereocenters. The SMILES string of the molecule is CCCC1CCC(C2CCC(C3CCC(C(F)(F)Oc4cc(F)c(C(F)(F)F)c(F)c4)CC3)CC2)C1. The number of ether oxygens (including phenoxy) is 1. The molecule has 0 bridgehead atoms. The van der Waals surface area contributed by atoms with Crippen molar-refractivity contribution in [2.24, 2.45) is 35.5 Å². The van der Waals surface area contributed by atoms with E-state index in [1.165, 1.54) is 44.9 Å². The van der Waals surface area contributed by atoms with E-state index in [9.17, 15) is 30.7 Å². The van der Waals surface area contributed by atoms with Gasteiger partial charge in [-0.3, -0.25) is 0 Å². The van der Waals surface area contributed by atoms with Gasteiger partial charge in [-0.15, -0.1) is 0 Å². The quantitative estimate of drug-likeness (QED) is 0.324. The Hall–Kier alpha value is -1.47. The molecule has 3 fully saturated rings. The zero-order valence-corrected chi connectivity index (χ0v) is 20.9. The first kappa shape index (κ1) is 27.6. The highest BCUT2D eigenvalue weighted by Gasteiger charge is 2.46. The molecule has 4 rings (SSSR count). The van der Waals surface area contributed by atoms with E-state index in [0.717, 1.165) is 30.6 Å². The van der Waals surface area contributed by atoms with E-state index >= 15 is 0 Å². The summed E-state index contributed by atoms with van der Waals surface area (Å²) in [6, 6.07) is 0.359. The summed E-state index contributed by atoms with van der Waals surface area (Å²) in [7, 11) is 0. The molecule has 0 radical (unpaired) electrons. The first-order chi connectivity index (χ1) is 17.0. The highest BCUT2D eigenvalue weighted by atomic mass is 19.4. The van der Waals surface area contributed by atoms with Gasteiger partial charge in [0.05, 0.1) is 5.92 Å². The van der Waals surface area contributed by atoms with Crippen LogP contribution in [0.1, 0.15) is 96.0 Å². The van der Waals surface area contributed by atoms with Crippen LogP contribution < -0.4 is 4.74 Å². The van der Waals surface area contributed by atoms with Crippen LogP contribution in [0.4, 0.5) is 30.7 Å². The number of halogens is 7. The molecule has 0 heterocycles. The summed E-state index contributed by atoms with van der Waals surface area (Å²) in [5, 5.41) is 0. The van der Waals surface area contributed by atoms with Crippen molar-refractivity contribution in [3.63, 3.8) is 0 Å². The Bertz CT molecular complexity index is 844. The van der Waals surface area contributed by atoms with Crippen LogP contribution in [0.25, 0.3) is 0 Å². The van der Waals surface area contributed by atoms with Crippen LogP contribution in [0.15, 0.2) is 12.1 Å². The minimum absolute atomic E-state index is 0.179. The lowest BCUT2D eigenvalue weighted by Crippen LogP contribution is -2.38. The molecule has 1 aromatic rings. The Morgan fingerprint density at radius 2 is 1.19 bits per heavy atom. The molecule has 3 saturated carbocycles. The van der Waals surface area contributed by atoms with Crippen molar-refractivity contribution < 1.29 is 35.5 Å². The topological polar surface area (TPSA) is 9.23 Å². The molecule has 0 amide bonds. The number of rotatable bonds is 7. The van der Waals surface area contributed by atoms with Gasteiger partial charge in [-0.1, -0.05) is 26.2 Å². The predicted octanol–water partition coefficient (Wildman–Crippen LogP) is 9.78. The summed E-state index contributed by atoms with van der Waals surface area (Å²) in [5.74, 6) is -2.48. The molecular weight excluding hydrogens is 485 g/mol. The molecule has 0 aliphatic heterocycles. The Balaban J connectivity index is 1.26. The van der Waals surface area contributed by atoms with E-state index in [-0.39, 0.29) is 25.0 Å². The number of benzene rings is 1. The second-order valence-electron chi connectivity index (χ2n) is 11.4. The second-order valence-corrected chi connectivity index (χ2v) is 11.4. The van der Waals surface area contributed by atoms with Crippen LogP contribution >= 0.6 is 0 Å². The minimum atomic E-state index is -5.26. The number of hydrogen-bond donors (Lipinski definition) is 0. The third-order valence-electron chi connectivity index (χ3n) is 9.23. The summed E-state index contributed by atoms with van der Waals surface area (Å²) >= 11 is 0. The van der Waals surface area contributed by atoms with Crippen LogP contribution in [0.5, 0.6) is 5.75 Å². The summed E-state index contributed by atoms with van der Waals surface area (Å²) < 4.78 is 99.9. The van der Waals surface area contributed by atoms with Gasteiger partial charge in [0, 0.05) is 12.1 Å². The molecule has 2 unspecified atom stereocenters. The van der Waals surface area contributed by atoms with E-state index in [4.69, 9.17) is 0 Å². The lowest BCUT2D eigenvalue weighted by molar-refractivity contribution is -0.224. The van der Waals surface area contributed by atoms with Crippen molar-refractivity contribution in [3.8, 4) is 5.75 Å². The van der Waals surface area contributed by atoms with E-state index in [2.05, 4.69) is 11.7 Å². The van der Waals surface area contributed by atoms with E-state index in [1.54, 1.807) is 0 Å². The fourth-order valence-electron chi connectivity index (χ4n) is 7.35. The molecule has 0 saturated heterocycles. The van der Waals surface area contributed by atoms with Crippen molar-refractivity contribution in [2.75, 3.05) is 0 Å². The zero-order chi connectivity index (χ0) is 26.1. The first-order valence-corrected chi connectivity index (χ1v) is 13.6. The second kappa shape index (κ2) is 11.1. The van der Waals surface area contributed by atoms with Gasteiger partial charge in [0.15, 0.2) is 0 Å². The monoisotopic (exact) mass is 522 g/mol. The van der Waals surface area contributed by atoms with Crippen molar-refractivity contribution in [1.29, 1.82) is 0 Å². The molecule has 1 aromatic carbocycles. The van der Waals surface area contributed by atoms with Gasteiger partial charge in [-0.25, -0.2) is 8.78 Å². The summed E-state index contributed by atoms with van der Waals surface area (Å²) in [4.78, 5) is 0. The minimum Gasteiger partial charge on any atom is -0.432 e. The van der Waals surface area contributed by atoms with Crippen molar-refractivity contribution in [1.82, 2.24) is 0 Å².